The average Bonchev–Trinajstić information content (AvgIpc) is 3.10. The van der Waals surface area contributed by atoms with Crippen molar-refractivity contribution in [2.24, 2.45) is 0 Å². The molecule has 122 valence electrons. The summed E-state index contributed by atoms with van der Waals surface area (Å²) in [5.41, 5.74) is -0.499. The van der Waals surface area contributed by atoms with Crippen LogP contribution in [0.25, 0.3) is 0 Å². The van der Waals surface area contributed by atoms with E-state index in [-0.39, 0.29) is 18.2 Å². The van der Waals surface area contributed by atoms with Crippen LogP contribution in [0.2, 0.25) is 0 Å². The van der Waals surface area contributed by atoms with Crippen LogP contribution in [0.3, 0.4) is 0 Å². The van der Waals surface area contributed by atoms with E-state index in [1.54, 1.807) is 9.21 Å². The van der Waals surface area contributed by atoms with Crippen LogP contribution < -0.4 is 0 Å². The summed E-state index contributed by atoms with van der Waals surface area (Å²) in [5, 5.41) is 0. The van der Waals surface area contributed by atoms with Gasteiger partial charge in [0, 0.05) is 25.2 Å². The van der Waals surface area contributed by atoms with Gasteiger partial charge in [-0.25, -0.2) is 13.2 Å². The minimum Gasteiger partial charge on any atom is -0.444 e. The highest BCUT2D eigenvalue weighted by Gasteiger charge is 2.41. The molecule has 2 aliphatic rings. The lowest BCUT2D eigenvalue weighted by molar-refractivity contribution is 0.0176. The fraction of sp³-hybridized carbons (Fsp3) is 0.929. The first-order valence-electron chi connectivity index (χ1n) is 7.54. The second-order valence-electron chi connectivity index (χ2n) is 7.02. The summed E-state index contributed by atoms with van der Waals surface area (Å²) < 4.78 is 30.9. The molecule has 6 nitrogen and oxygen atoms in total. The van der Waals surface area contributed by atoms with Crippen molar-refractivity contribution in [3.63, 3.8) is 0 Å². The molecule has 0 spiro atoms. The molecule has 0 N–H and O–H groups in total. The lowest BCUT2D eigenvalue weighted by Crippen LogP contribution is -2.50. The molecule has 0 atom stereocenters. The molecule has 1 amide bonds. The van der Waals surface area contributed by atoms with Crippen LogP contribution in [0.4, 0.5) is 4.79 Å². The first kappa shape index (κ1) is 16.5. The monoisotopic (exact) mass is 318 g/mol. The molecular formula is C14H26N2O4S. The fourth-order valence-corrected chi connectivity index (χ4v) is 4.30. The summed E-state index contributed by atoms with van der Waals surface area (Å²) in [6.45, 7) is 6.64. The van der Waals surface area contributed by atoms with Gasteiger partial charge in [0.25, 0.3) is 0 Å². The predicted molar refractivity (Wildman–Crippen MR) is 80.5 cm³/mol. The lowest BCUT2D eigenvalue weighted by atomic mass is 10.1. The minimum absolute atomic E-state index is 0.0196. The molecule has 7 heteroatoms. The molecule has 0 aromatic rings. The molecule has 1 aliphatic carbocycles. The van der Waals surface area contributed by atoms with Crippen molar-refractivity contribution in [3.8, 4) is 0 Å². The molecule has 0 unspecified atom stereocenters. The van der Waals surface area contributed by atoms with E-state index in [1.165, 1.54) is 6.26 Å². The van der Waals surface area contributed by atoms with Gasteiger partial charge in [-0.15, -0.1) is 0 Å². The summed E-state index contributed by atoms with van der Waals surface area (Å²) in [6.07, 6.45) is 4.26. The van der Waals surface area contributed by atoms with Gasteiger partial charge in [0.05, 0.1) is 6.26 Å². The van der Waals surface area contributed by atoms with E-state index >= 15 is 0 Å². The summed E-state index contributed by atoms with van der Waals surface area (Å²) >= 11 is 0. The summed E-state index contributed by atoms with van der Waals surface area (Å²) in [7, 11) is -3.17. The van der Waals surface area contributed by atoms with Crippen molar-refractivity contribution < 1.29 is 17.9 Å². The van der Waals surface area contributed by atoms with Crippen molar-refractivity contribution in [1.82, 2.24) is 9.21 Å². The first-order valence-corrected chi connectivity index (χ1v) is 9.39. The second-order valence-corrected chi connectivity index (χ2v) is 8.91. The van der Waals surface area contributed by atoms with E-state index in [9.17, 15) is 13.2 Å². The topological polar surface area (TPSA) is 66.9 Å². The maximum atomic E-state index is 12.0. The Morgan fingerprint density at radius 3 is 1.95 bits per heavy atom. The predicted octanol–water partition coefficient (Wildman–Crippen LogP) is 1.81. The highest BCUT2D eigenvalue weighted by atomic mass is 32.2. The number of carbonyl (C=O) groups excluding carboxylic acids is 1. The van der Waals surface area contributed by atoms with Crippen molar-refractivity contribution >= 4 is 16.1 Å². The molecule has 0 aromatic heterocycles. The van der Waals surface area contributed by atoms with Crippen molar-refractivity contribution in [2.45, 2.75) is 64.1 Å². The molecule has 1 saturated heterocycles. The zero-order chi connectivity index (χ0) is 15.8. The Morgan fingerprint density at radius 2 is 1.57 bits per heavy atom. The molecular weight excluding hydrogens is 292 g/mol. The van der Waals surface area contributed by atoms with Crippen LogP contribution in [-0.4, -0.2) is 60.7 Å². The molecule has 21 heavy (non-hydrogen) atoms. The number of hydrogen-bond acceptors (Lipinski definition) is 4. The Balaban J connectivity index is 1.92. The number of piperidine rings is 1. The van der Waals surface area contributed by atoms with Crippen LogP contribution >= 0.6 is 0 Å². The zero-order valence-electron chi connectivity index (χ0n) is 13.3. The van der Waals surface area contributed by atoms with E-state index < -0.39 is 15.6 Å². The van der Waals surface area contributed by atoms with Crippen LogP contribution in [0.5, 0.6) is 0 Å². The maximum absolute atomic E-state index is 12.0. The Kier molecular flexibility index (Phi) is 4.54. The van der Waals surface area contributed by atoms with Crippen molar-refractivity contribution in [1.29, 1.82) is 0 Å². The molecule has 1 heterocycles. The lowest BCUT2D eigenvalue weighted by Gasteiger charge is -2.37. The standard InChI is InChI=1S/C14H26N2O4S/c1-14(2,3)20-13(17)15-9-7-12(8-10-15)16(11-5-6-11)21(4,18)19/h11-12H,5-10H2,1-4H3. The Morgan fingerprint density at radius 1 is 1.10 bits per heavy atom. The molecule has 0 aromatic carbocycles. The minimum atomic E-state index is -3.17. The molecule has 2 fully saturated rings. The second kappa shape index (κ2) is 5.76. The van der Waals surface area contributed by atoms with Gasteiger partial charge >= 0.3 is 6.09 Å². The van der Waals surface area contributed by atoms with Gasteiger partial charge in [0.1, 0.15) is 5.60 Å². The van der Waals surface area contributed by atoms with Crippen LogP contribution in [-0.2, 0) is 14.8 Å². The highest BCUT2D eigenvalue weighted by Crippen LogP contribution is 2.34. The number of hydrogen-bond donors (Lipinski definition) is 0. The van der Waals surface area contributed by atoms with Gasteiger partial charge < -0.3 is 9.64 Å². The van der Waals surface area contributed by atoms with Gasteiger partial charge in [0.2, 0.25) is 10.0 Å². The summed E-state index contributed by atoms with van der Waals surface area (Å²) in [5.74, 6) is 0. The average molecular weight is 318 g/mol. The van der Waals surface area contributed by atoms with Gasteiger partial charge in [-0.2, -0.15) is 4.31 Å². The molecule has 0 bridgehead atoms. The summed E-state index contributed by atoms with van der Waals surface area (Å²) in [6, 6.07) is 0.198. The van der Waals surface area contributed by atoms with Gasteiger partial charge in [-0.1, -0.05) is 0 Å². The van der Waals surface area contributed by atoms with E-state index in [1.807, 2.05) is 20.8 Å². The number of rotatable bonds is 3. The number of carbonyl (C=O) groups is 1. The molecule has 0 radical (unpaired) electrons. The van der Waals surface area contributed by atoms with Gasteiger partial charge in [-0.05, 0) is 46.5 Å². The largest absolute Gasteiger partial charge is 0.444 e. The Bertz CT molecular complexity index is 486. The molecule has 2 rings (SSSR count). The number of amides is 1. The van der Waals surface area contributed by atoms with Crippen LogP contribution in [0, 0.1) is 0 Å². The van der Waals surface area contributed by atoms with Crippen molar-refractivity contribution in [3.05, 3.63) is 0 Å². The van der Waals surface area contributed by atoms with E-state index in [4.69, 9.17) is 4.74 Å². The Hall–Kier alpha value is -0.820. The number of sulfonamides is 1. The molecule has 1 saturated carbocycles. The maximum Gasteiger partial charge on any atom is 0.410 e. The normalized spacial score (nSPS) is 21.7. The van der Waals surface area contributed by atoms with Gasteiger partial charge in [0.15, 0.2) is 0 Å². The van der Waals surface area contributed by atoms with Crippen molar-refractivity contribution in [2.75, 3.05) is 19.3 Å². The smallest absolute Gasteiger partial charge is 0.410 e. The van der Waals surface area contributed by atoms with Gasteiger partial charge in [-0.3, -0.25) is 0 Å². The number of nitrogens with zero attached hydrogens (tertiary/aromatic N) is 2. The van der Waals surface area contributed by atoms with E-state index in [0.29, 0.717) is 25.9 Å². The third kappa shape index (κ3) is 4.57. The fourth-order valence-electron chi connectivity index (χ4n) is 2.80. The third-order valence-corrected chi connectivity index (χ3v) is 5.13. The van der Waals surface area contributed by atoms with Crippen LogP contribution in [0.15, 0.2) is 0 Å². The van der Waals surface area contributed by atoms with E-state index in [2.05, 4.69) is 0 Å². The highest BCUT2D eigenvalue weighted by molar-refractivity contribution is 7.88. The Labute approximate surface area is 127 Å². The molecule has 1 aliphatic heterocycles. The first-order chi connectivity index (χ1) is 9.58. The van der Waals surface area contributed by atoms with Crippen LogP contribution in [0.1, 0.15) is 46.5 Å². The summed E-state index contributed by atoms with van der Waals surface area (Å²) in [4.78, 5) is 13.7. The number of likely N-dealkylation sites (tertiary alicyclic amines) is 1. The number of ether oxygens (including phenoxy) is 1. The zero-order valence-corrected chi connectivity index (χ0v) is 14.1. The SMILES string of the molecule is CC(C)(C)OC(=O)N1CCC(N(C2CC2)S(C)(=O)=O)CC1. The quantitative estimate of drug-likeness (QED) is 0.796. The third-order valence-electron chi connectivity index (χ3n) is 3.77. The van der Waals surface area contributed by atoms with E-state index in [0.717, 1.165) is 12.8 Å².